The SMILES string of the molecule is COc1ccc(C2(C)c3ccccc3CCc3ccccc32)cc1. The van der Waals surface area contributed by atoms with Gasteiger partial charge in [0, 0.05) is 5.41 Å². The van der Waals surface area contributed by atoms with Gasteiger partial charge in [0.2, 0.25) is 0 Å². The molecule has 1 aliphatic carbocycles. The van der Waals surface area contributed by atoms with Crippen molar-refractivity contribution in [3.8, 4) is 5.75 Å². The molecule has 0 heterocycles. The van der Waals surface area contributed by atoms with E-state index in [2.05, 4.69) is 79.7 Å². The maximum Gasteiger partial charge on any atom is 0.118 e. The summed E-state index contributed by atoms with van der Waals surface area (Å²) in [7, 11) is 1.72. The summed E-state index contributed by atoms with van der Waals surface area (Å²) < 4.78 is 5.35. The quantitative estimate of drug-likeness (QED) is 0.636. The number of fused-ring (bicyclic) bond motifs is 2. The molecule has 3 aromatic carbocycles. The summed E-state index contributed by atoms with van der Waals surface area (Å²) in [5, 5.41) is 0. The average molecular weight is 314 g/mol. The highest BCUT2D eigenvalue weighted by molar-refractivity contribution is 5.56. The number of hydrogen-bond acceptors (Lipinski definition) is 1. The Bertz CT molecular complexity index is 814. The smallest absolute Gasteiger partial charge is 0.118 e. The van der Waals surface area contributed by atoms with Gasteiger partial charge in [-0.05, 0) is 59.7 Å². The van der Waals surface area contributed by atoms with E-state index in [9.17, 15) is 0 Å². The Morgan fingerprint density at radius 1 is 0.708 bits per heavy atom. The second-order valence-electron chi connectivity index (χ2n) is 6.67. The second kappa shape index (κ2) is 5.83. The van der Waals surface area contributed by atoms with Crippen molar-refractivity contribution < 1.29 is 4.74 Å². The molecule has 0 atom stereocenters. The van der Waals surface area contributed by atoms with Gasteiger partial charge in [0.15, 0.2) is 0 Å². The van der Waals surface area contributed by atoms with E-state index in [1.54, 1.807) is 7.11 Å². The van der Waals surface area contributed by atoms with Crippen LogP contribution in [-0.2, 0) is 18.3 Å². The Morgan fingerprint density at radius 2 is 1.21 bits per heavy atom. The molecule has 1 heteroatoms. The first-order valence-electron chi connectivity index (χ1n) is 8.55. The van der Waals surface area contributed by atoms with Gasteiger partial charge in [0.25, 0.3) is 0 Å². The molecule has 0 fully saturated rings. The van der Waals surface area contributed by atoms with Gasteiger partial charge in [-0.15, -0.1) is 0 Å². The minimum absolute atomic E-state index is 0.143. The molecule has 4 rings (SSSR count). The standard InChI is InChI=1S/C23H22O/c1-23(19-13-15-20(24-2)16-14-19)21-9-5-3-7-17(21)11-12-18-8-4-6-10-22(18)23/h3-10,13-16H,11-12H2,1-2H3. The Balaban J connectivity index is 2.00. The third-order valence-electron chi connectivity index (χ3n) is 5.44. The van der Waals surface area contributed by atoms with Gasteiger partial charge in [-0.3, -0.25) is 0 Å². The van der Waals surface area contributed by atoms with Crippen LogP contribution in [0.15, 0.2) is 72.8 Å². The van der Waals surface area contributed by atoms with Crippen molar-refractivity contribution in [2.45, 2.75) is 25.2 Å². The number of benzene rings is 3. The summed E-state index contributed by atoms with van der Waals surface area (Å²) in [6, 6.07) is 26.3. The number of hydrogen-bond donors (Lipinski definition) is 0. The zero-order chi connectivity index (χ0) is 16.6. The van der Waals surface area contributed by atoms with E-state index in [1.807, 2.05) is 0 Å². The summed E-state index contributed by atoms with van der Waals surface area (Å²) in [6.07, 6.45) is 2.19. The molecule has 0 saturated heterocycles. The van der Waals surface area contributed by atoms with Crippen molar-refractivity contribution in [2.24, 2.45) is 0 Å². The van der Waals surface area contributed by atoms with Crippen LogP contribution < -0.4 is 4.74 Å². The Kier molecular flexibility index (Phi) is 3.65. The lowest BCUT2D eigenvalue weighted by Gasteiger charge is -2.33. The fraction of sp³-hybridized carbons (Fsp3) is 0.217. The van der Waals surface area contributed by atoms with Gasteiger partial charge < -0.3 is 4.74 Å². The number of rotatable bonds is 2. The topological polar surface area (TPSA) is 9.23 Å². The van der Waals surface area contributed by atoms with Gasteiger partial charge in [0.1, 0.15) is 5.75 Å². The van der Waals surface area contributed by atoms with E-state index in [4.69, 9.17) is 4.74 Å². The molecule has 24 heavy (non-hydrogen) atoms. The second-order valence-corrected chi connectivity index (χ2v) is 6.67. The van der Waals surface area contributed by atoms with Crippen molar-refractivity contribution in [3.63, 3.8) is 0 Å². The molecule has 0 spiro atoms. The van der Waals surface area contributed by atoms with E-state index in [1.165, 1.54) is 27.8 Å². The minimum atomic E-state index is -0.143. The number of methoxy groups -OCH3 is 1. The predicted octanol–water partition coefficient (Wildman–Crippen LogP) is 5.15. The van der Waals surface area contributed by atoms with Crippen LogP contribution in [0.5, 0.6) is 5.75 Å². The lowest BCUT2D eigenvalue weighted by molar-refractivity contribution is 0.414. The Morgan fingerprint density at radius 3 is 1.71 bits per heavy atom. The van der Waals surface area contributed by atoms with E-state index in [0.29, 0.717) is 0 Å². The molecular weight excluding hydrogens is 292 g/mol. The third-order valence-corrected chi connectivity index (χ3v) is 5.44. The van der Waals surface area contributed by atoms with E-state index >= 15 is 0 Å². The van der Waals surface area contributed by atoms with Crippen molar-refractivity contribution in [3.05, 3.63) is 101 Å². The molecule has 0 unspecified atom stereocenters. The maximum absolute atomic E-state index is 5.35. The van der Waals surface area contributed by atoms with Gasteiger partial charge >= 0.3 is 0 Å². The molecule has 0 aromatic heterocycles. The van der Waals surface area contributed by atoms with E-state index < -0.39 is 0 Å². The molecule has 0 radical (unpaired) electrons. The van der Waals surface area contributed by atoms with Gasteiger partial charge in [-0.2, -0.15) is 0 Å². The van der Waals surface area contributed by atoms with E-state index in [-0.39, 0.29) is 5.41 Å². The van der Waals surface area contributed by atoms with Crippen LogP contribution >= 0.6 is 0 Å². The Labute approximate surface area is 143 Å². The van der Waals surface area contributed by atoms with E-state index in [0.717, 1.165) is 18.6 Å². The minimum Gasteiger partial charge on any atom is -0.497 e. The normalized spacial score (nSPS) is 15.1. The van der Waals surface area contributed by atoms with Crippen LogP contribution in [0.2, 0.25) is 0 Å². The molecule has 0 N–H and O–H groups in total. The van der Waals surface area contributed by atoms with Crippen LogP contribution in [0.25, 0.3) is 0 Å². The highest BCUT2D eigenvalue weighted by Gasteiger charge is 2.36. The van der Waals surface area contributed by atoms with Crippen molar-refractivity contribution in [1.29, 1.82) is 0 Å². The first kappa shape index (κ1) is 15.0. The summed E-state index contributed by atoms with van der Waals surface area (Å²) in [6.45, 7) is 2.36. The summed E-state index contributed by atoms with van der Waals surface area (Å²) in [5.74, 6) is 0.901. The first-order chi connectivity index (χ1) is 11.7. The first-order valence-corrected chi connectivity index (χ1v) is 8.55. The number of aryl methyl sites for hydroxylation is 2. The number of ether oxygens (including phenoxy) is 1. The largest absolute Gasteiger partial charge is 0.497 e. The highest BCUT2D eigenvalue weighted by atomic mass is 16.5. The fourth-order valence-corrected chi connectivity index (χ4v) is 4.10. The predicted molar refractivity (Wildman–Crippen MR) is 98.8 cm³/mol. The van der Waals surface area contributed by atoms with Crippen LogP contribution in [0.4, 0.5) is 0 Å². The maximum atomic E-state index is 5.35. The monoisotopic (exact) mass is 314 g/mol. The molecular formula is C23H22O. The van der Waals surface area contributed by atoms with Crippen LogP contribution in [0, 0.1) is 0 Å². The van der Waals surface area contributed by atoms with Crippen molar-refractivity contribution >= 4 is 0 Å². The molecule has 0 bridgehead atoms. The molecule has 1 nitrogen and oxygen atoms in total. The van der Waals surface area contributed by atoms with Crippen LogP contribution in [-0.4, -0.2) is 7.11 Å². The summed E-state index contributed by atoms with van der Waals surface area (Å²) in [5.41, 5.74) is 6.90. The Hall–Kier alpha value is -2.54. The zero-order valence-corrected chi connectivity index (χ0v) is 14.3. The third kappa shape index (κ3) is 2.24. The molecule has 0 saturated carbocycles. The average Bonchev–Trinajstić information content (AvgIpc) is 2.78. The molecule has 0 aliphatic heterocycles. The fourth-order valence-electron chi connectivity index (χ4n) is 4.10. The highest BCUT2D eigenvalue weighted by Crippen LogP contribution is 2.44. The molecule has 3 aromatic rings. The van der Waals surface area contributed by atoms with Crippen LogP contribution in [0.3, 0.4) is 0 Å². The van der Waals surface area contributed by atoms with Crippen molar-refractivity contribution in [2.75, 3.05) is 7.11 Å². The summed E-state index contributed by atoms with van der Waals surface area (Å²) in [4.78, 5) is 0. The summed E-state index contributed by atoms with van der Waals surface area (Å²) >= 11 is 0. The lowest BCUT2D eigenvalue weighted by Crippen LogP contribution is -2.26. The lowest BCUT2D eigenvalue weighted by atomic mass is 9.69. The van der Waals surface area contributed by atoms with Crippen LogP contribution in [0.1, 0.15) is 34.7 Å². The van der Waals surface area contributed by atoms with Gasteiger partial charge in [-0.25, -0.2) is 0 Å². The van der Waals surface area contributed by atoms with Crippen molar-refractivity contribution in [1.82, 2.24) is 0 Å². The molecule has 120 valence electrons. The molecule has 0 amide bonds. The molecule has 1 aliphatic rings. The zero-order valence-electron chi connectivity index (χ0n) is 14.3. The van der Waals surface area contributed by atoms with Gasteiger partial charge in [0.05, 0.1) is 7.11 Å². The van der Waals surface area contributed by atoms with Gasteiger partial charge in [-0.1, -0.05) is 60.7 Å².